The standard InChI is InChI=1S/C20H23N3/c1-12-8-18(15(4)14(3)13(12)2)19-11-22-20(23-19)17-7-5-6-16(9-17)10-21/h5-9H,10-11,21H2,1-4H3. The van der Waals surface area contributed by atoms with Crippen molar-refractivity contribution < 1.29 is 0 Å². The summed E-state index contributed by atoms with van der Waals surface area (Å²) in [5.41, 5.74) is 15.5. The molecule has 2 N–H and O–H groups in total. The van der Waals surface area contributed by atoms with E-state index in [9.17, 15) is 0 Å². The van der Waals surface area contributed by atoms with Gasteiger partial charge < -0.3 is 5.73 Å². The summed E-state index contributed by atoms with van der Waals surface area (Å²) >= 11 is 0. The number of nitrogens with zero attached hydrogens (tertiary/aromatic N) is 2. The predicted molar refractivity (Wildman–Crippen MR) is 97.7 cm³/mol. The van der Waals surface area contributed by atoms with Gasteiger partial charge in [0.05, 0.1) is 12.3 Å². The maximum atomic E-state index is 5.73. The lowest BCUT2D eigenvalue weighted by molar-refractivity contribution is 1.07. The first-order chi connectivity index (χ1) is 11.0. The van der Waals surface area contributed by atoms with Crippen LogP contribution in [-0.2, 0) is 6.54 Å². The Morgan fingerprint density at radius 1 is 1.00 bits per heavy atom. The molecule has 0 bridgehead atoms. The van der Waals surface area contributed by atoms with Crippen molar-refractivity contribution >= 4 is 11.5 Å². The maximum Gasteiger partial charge on any atom is 0.155 e. The van der Waals surface area contributed by atoms with Gasteiger partial charge in [-0.3, -0.25) is 4.99 Å². The highest BCUT2D eigenvalue weighted by Gasteiger charge is 2.17. The van der Waals surface area contributed by atoms with Crippen LogP contribution in [-0.4, -0.2) is 18.1 Å². The van der Waals surface area contributed by atoms with E-state index in [4.69, 9.17) is 10.7 Å². The van der Waals surface area contributed by atoms with Crippen molar-refractivity contribution in [2.24, 2.45) is 15.7 Å². The zero-order chi connectivity index (χ0) is 16.6. The molecule has 118 valence electrons. The Kier molecular flexibility index (Phi) is 4.14. The van der Waals surface area contributed by atoms with Crippen LogP contribution < -0.4 is 5.73 Å². The van der Waals surface area contributed by atoms with Crippen LogP contribution in [0.25, 0.3) is 0 Å². The van der Waals surface area contributed by atoms with Crippen LogP contribution in [0.4, 0.5) is 0 Å². The summed E-state index contributed by atoms with van der Waals surface area (Å²) in [6, 6.07) is 10.4. The number of benzene rings is 2. The average molecular weight is 305 g/mol. The van der Waals surface area contributed by atoms with Crippen molar-refractivity contribution in [3.8, 4) is 0 Å². The molecule has 3 rings (SSSR count). The first-order valence-electron chi connectivity index (χ1n) is 8.00. The lowest BCUT2D eigenvalue weighted by Crippen LogP contribution is -2.08. The zero-order valence-corrected chi connectivity index (χ0v) is 14.3. The van der Waals surface area contributed by atoms with Crippen LogP contribution in [0, 0.1) is 27.7 Å². The Hall–Kier alpha value is -2.26. The smallest absolute Gasteiger partial charge is 0.155 e. The topological polar surface area (TPSA) is 50.7 Å². The van der Waals surface area contributed by atoms with Crippen molar-refractivity contribution in [1.29, 1.82) is 0 Å². The van der Waals surface area contributed by atoms with E-state index in [1.54, 1.807) is 0 Å². The van der Waals surface area contributed by atoms with Gasteiger partial charge in [0.15, 0.2) is 5.84 Å². The van der Waals surface area contributed by atoms with Crippen LogP contribution in [0.1, 0.15) is 38.9 Å². The zero-order valence-electron chi connectivity index (χ0n) is 14.3. The molecule has 0 unspecified atom stereocenters. The van der Waals surface area contributed by atoms with Crippen molar-refractivity contribution in [3.05, 3.63) is 69.3 Å². The van der Waals surface area contributed by atoms with E-state index in [0.717, 1.165) is 22.7 Å². The number of aryl methyl sites for hydroxylation is 1. The van der Waals surface area contributed by atoms with Crippen LogP contribution in [0.5, 0.6) is 0 Å². The fourth-order valence-electron chi connectivity index (χ4n) is 3.00. The van der Waals surface area contributed by atoms with E-state index in [0.29, 0.717) is 13.1 Å². The molecule has 0 saturated carbocycles. The summed E-state index contributed by atoms with van der Waals surface area (Å²) in [4.78, 5) is 9.44. The fraction of sp³-hybridized carbons (Fsp3) is 0.300. The third kappa shape index (κ3) is 2.84. The summed E-state index contributed by atoms with van der Waals surface area (Å²) < 4.78 is 0. The van der Waals surface area contributed by atoms with Gasteiger partial charge in [-0.25, -0.2) is 4.99 Å². The molecule has 2 aromatic carbocycles. The number of hydrogen-bond acceptors (Lipinski definition) is 3. The first kappa shape index (κ1) is 15.6. The fourth-order valence-corrected chi connectivity index (χ4v) is 3.00. The minimum atomic E-state index is 0.535. The van der Waals surface area contributed by atoms with E-state index in [1.165, 1.54) is 27.8 Å². The van der Waals surface area contributed by atoms with Crippen LogP contribution in [0.3, 0.4) is 0 Å². The van der Waals surface area contributed by atoms with E-state index in [1.807, 2.05) is 18.2 Å². The number of aliphatic imine (C=N–C) groups is 2. The summed E-state index contributed by atoms with van der Waals surface area (Å²) in [5, 5.41) is 0. The predicted octanol–water partition coefficient (Wildman–Crippen LogP) is 3.63. The Labute approximate surface area is 138 Å². The van der Waals surface area contributed by atoms with E-state index >= 15 is 0 Å². The van der Waals surface area contributed by atoms with Gasteiger partial charge in [0.25, 0.3) is 0 Å². The monoisotopic (exact) mass is 305 g/mol. The molecule has 0 spiro atoms. The lowest BCUT2D eigenvalue weighted by Gasteiger charge is -2.13. The Balaban J connectivity index is 1.99. The van der Waals surface area contributed by atoms with Gasteiger partial charge in [0.2, 0.25) is 0 Å². The van der Waals surface area contributed by atoms with Crippen LogP contribution in [0.2, 0.25) is 0 Å². The molecule has 0 fully saturated rings. The Morgan fingerprint density at radius 2 is 1.78 bits per heavy atom. The minimum Gasteiger partial charge on any atom is -0.326 e. The highest BCUT2D eigenvalue weighted by atomic mass is 15.0. The molecule has 0 atom stereocenters. The molecule has 1 aliphatic heterocycles. The highest BCUT2D eigenvalue weighted by molar-refractivity contribution is 6.17. The molecule has 0 amide bonds. The van der Waals surface area contributed by atoms with Gasteiger partial charge in [0, 0.05) is 17.7 Å². The van der Waals surface area contributed by atoms with Gasteiger partial charge in [-0.1, -0.05) is 18.2 Å². The van der Waals surface area contributed by atoms with Gasteiger partial charge in [0.1, 0.15) is 0 Å². The van der Waals surface area contributed by atoms with Crippen molar-refractivity contribution in [3.63, 3.8) is 0 Å². The van der Waals surface area contributed by atoms with Gasteiger partial charge >= 0.3 is 0 Å². The van der Waals surface area contributed by atoms with Crippen LogP contribution in [0.15, 0.2) is 40.3 Å². The molecule has 0 aromatic heterocycles. The molecule has 23 heavy (non-hydrogen) atoms. The third-order valence-electron chi connectivity index (χ3n) is 4.83. The van der Waals surface area contributed by atoms with E-state index < -0.39 is 0 Å². The minimum absolute atomic E-state index is 0.535. The molecule has 0 saturated heterocycles. The average Bonchev–Trinajstić information content (AvgIpc) is 3.06. The first-order valence-corrected chi connectivity index (χ1v) is 8.00. The Bertz CT molecular complexity index is 829. The second kappa shape index (κ2) is 6.09. The van der Waals surface area contributed by atoms with Crippen molar-refractivity contribution in [2.45, 2.75) is 34.2 Å². The summed E-state index contributed by atoms with van der Waals surface area (Å²) in [6.45, 7) is 9.87. The number of hydrogen-bond donors (Lipinski definition) is 1. The largest absolute Gasteiger partial charge is 0.326 e. The molecule has 0 aliphatic carbocycles. The molecule has 3 nitrogen and oxygen atoms in total. The molecular weight excluding hydrogens is 282 g/mol. The second-order valence-electron chi connectivity index (χ2n) is 6.22. The number of amidine groups is 1. The molecule has 1 heterocycles. The number of rotatable bonds is 3. The molecular formula is C20H23N3. The van der Waals surface area contributed by atoms with E-state index in [-0.39, 0.29) is 0 Å². The maximum absolute atomic E-state index is 5.73. The SMILES string of the molecule is Cc1cc(C2=NC(c3cccc(CN)c3)=NC2)c(C)c(C)c1C. The van der Waals surface area contributed by atoms with Gasteiger partial charge in [-0.15, -0.1) is 0 Å². The van der Waals surface area contributed by atoms with Crippen molar-refractivity contribution in [2.75, 3.05) is 6.54 Å². The summed E-state index contributed by atoms with van der Waals surface area (Å²) in [7, 11) is 0. The second-order valence-corrected chi connectivity index (χ2v) is 6.22. The third-order valence-corrected chi connectivity index (χ3v) is 4.83. The normalized spacial score (nSPS) is 14.0. The highest BCUT2D eigenvalue weighted by Crippen LogP contribution is 2.24. The van der Waals surface area contributed by atoms with Gasteiger partial charge in [-0.2, -0.15) is 0 Å². The quantitative estimate of drug-likeness (QED) is 0.925. The summed E-state index contributed by atoms with van der Waals surface area (Å²) in [5.74, 6) is 0.811. The van der Waals surface area contributed by atoms with Crippen LogP contribution >= 0.6 is 0 Å². The van der Waals surface area contributed by atoms with Gasteiger partial charge in [-0.05, 0) is 67.6 Å². The number of nitrogens with two attached hydrogens (primary N) is 1. The molecule has 3 heteroatoms. The molecule has 0 radical (unpaired) electrons. The summed E-state index contributed by atoms with van der Waals surface area (Å²) in [6.07, 6.45) is 0. The molecule has 1 aliphatic rings. The molecule has 2 aromatic rings. The lowest BCUT2D eigenvalue weighted by atomic mass is 9.92. The Morgan fingerprint density at radius 3 is 2.52 bits per heavy atom. The van der Waals surface area contributed by atoms with E-state index in [2.05, 4.69) is 44.8 Å². The van der Waals surface area contributed by atoms with Crippen molar-refractivity contribution in [1.82, 2.24) is 0 Å².